The number of nitrogens with one attached hydrogen (secondary N) is 1. The van der Waals surface area contributed by atoms with Gasteiger partial charge in [-0.15, -0.1) is 0 Å². The predicted octanol–water partition coefficient (Wildman–Crippen LogP) is 5.46. The van der Waals surface area contributed by atoms with Crippen molar-refractivity contribution in [3.8, 4) is 5.75 Å². The number of anilines is 1. The molecule has 8 heteroatoms. The lowest BCUT2D eigenvalue weighted by molar-refractivity contribution is -0.122. The van der Waals surface area contributed by atoms with Crippen molar-refractivity contribution in [1.82, 2.24) is 9.88 Å². The van der Waals surface area contributed by atoms with E-state index in [0.29, 0.717) is 24.4 Å². The molecule has 1 aromatic heterocycles. The van der Waals surface area contributed by atoms with E-state index in [0.717, 1.165) is 31.6 Å². The number of aromatic nitrogens is 1. The van der Waals surface area contributed by atoms with Crippen LogP contribution in [0, 0.1) is 6.92 Å². The highest BCUT2D eigenvalue weighted by molar-refractivity contribution is 9.10. The molecule has 0 bridgehead atoms. The molecule has 7 nitrogen and oxygen atoms in total. The van der Waals surface area contributed by atoms with Crippen LogP contribution in [0.5, 0.6) is 5.75 Å². The quantitative estimate of drug-likeness (QED) is 0.258. The molecule has 1 aliphatic heterocycles. The summed E-state index contributed by atoms with van der Waals surface area (Å²) in [7, 11) is 0. The van der Waals surface area contributed by atoms with Gasteiger partial charge in [-0.1, -0.05) is 46.3 Å². The molecule has 1 fully saturated rings. The van der Waals surface area contributed by atoms with Gasteiger partial charge in [0.25, 0.3) is 11.8 Å². The van der Waals surface area contributed by atoms with Gasteiger partial charge < -0.3 is 9.30 Å². The zero-order valence-corrected chi connectivity index (χ0v) is 21.0. The van der Waals surface area contributed by atoms with Gasteiger partial charge in [0.2, 0.25) is 0 Å². The summed E-state index contributed by atoms with van der Waals surface area (Å²) >= 11 is 3.34. The Bertz CT molecular complexity index is 1520. The lowest BCUT2D eigenvalue weighted by atomic mass is 10.1. The molecule has 1 saturated heterocycles. The van der Waals surface area contributed by atoms with Gasteiger partial charge in [0.05, 0.1) is 12.2 Å². The molecule has 0 atom stereocenters. The fourth-order valence-electron chi connectivity index (χ4n) is 4.18. The molecule has 0 aliphatic carbocycles. The summed E-state index contributed by atoms with van der Waals surface area (Å²) in [6.45, 7) is 3.03. The Kier molecular flexibility index (Phi) is 6.43. The number of imide groups is 2. The summed E-state index contributed by atoms with van der Waals surface area (Å²) in [6, 6.07) is 21.6. The molecule has 3 aromatic carbocycles. The second-order valence-electron chi connectivity index (χ2n) is 8.39. The van der Waals surface area contributed by atoms with Gasteiger partial charge in [-0.05, 0) is 61.0 Å². The standard InChI is InChI=1S/C28H22BrN3O4/c1-18-5-4-6-22(15-18)36-14-13-31-17-19(23-7-2-3-8-25(23)31)16-24-26(33)30-28(35)32(27(24)34)21-11-9-20(29)10-12-21/h2-12,15-17H,13-14H2,1H3,(H,30,33,35)/b24-16-. The van der Waals surface area contributed by atoms with Crippen molar-refractivity contribution in [3.63, 3.8) is 0 Å². The lowest BCUT2D eigenvalue weighted by Crippen LogP contribution is -2.54. The molecule has 1 aliphatic rings. The summed E-state index contributed by atoms with van der Waals surface area (Å²) in [6.07, 6.45) is 3.43. The second kappa shape index (κ2) is 9.83. The van der Waals surface area contributed by atoms with Gasteiger partial charge in [0.1, 0.15) is 17.9 Å². The molecule has 4 amide bonds. The molecular weight excluding hydrogens is 522 g/mol. The first-order chi connectivity index (χ1) is 17.4. The maximum Gasteiger partial charge on any atom is 0.335 e. The maximum atomic E-state index is 13.3. The van der Waals surface area contributed by atoms with Gasteiger partial charge in [-0.3, -0.25) is 14.9 Å². The zero-order valence-electron chi connectivity index (χ0n) is 19.4. The van der Waals surface area contributed by atoms with Crippen LogP contribution >= 0.6 is 15.9 Å². The first-order valence-corrected chi connectivity index (χ1v) is 12.1. The Balaban J connectivity index is 1.45. The van der Waals surface area contributed by atoms with Crippen molar-refractivity contribution in [2.75, 3.05) is 11.5 Å². The molecule has 0 unspecified atom stereocenters. The molecule has 0 spiro atoms. The maximum absolute atomic E-state index is 13.3. The molecular formula is C28H22BrN3O4. The normalized spacial score (nSPS) is 15.0. The fraction of sp³-hybridized carbons (Fsp3) is 0.107. The highest BCUT2D eigenvalue weighted by Crippen LogP contribution is 2.27. The predicted molar refractivity (Wildman–Crippen MR) is 142 cm³/mol. The molecule has 0 radical (unpaired) electrons. The molecule has 4 aromatic rings. The van der Waals surface area contributed by atoms with E-state index in [4.69, 9.17) is 4.74 Å². The van der Waals surface area contributed by atoms with E-state index in [1.54, 1.807) is 24.3 Å². The number of hydrogen-bond acceptors (Lipinski definition) is 4. The van der Waals surface area contributed by atoms with Crippen LogP contribution in [0.3, 0.4) is 0 Å². The number of carbonyl (C=O) groups is 3. The molecule has 180 valence electrons. The summed E-state index contributed by atoms with van der Waals surface area (Å²) in [5.41, 5.74) is 3.02. The average molecular weight is 544 g/mol. The van der Waals surface area contributed by atoms with Crippen molar-refractivity contribution in [2.45, 2.75) is 13.5 Å². The van der Waals surface area contributed by atoms with Crippen LogP contribution in [0.4, 0.5) is 10.5 Å². The molecule has 36 heavy (non-hydrogen) atoms. The second-order valence-corrected chi connectivity index (χ2v) is 9.31. The monoisotopic (exact) mass is 543 g/mol. The number of fused-ring (bicyclic) bond motifs is 1. The lowest BCUT2D eigenvalue weighted by Gasteiger charge is -2.26. The van der Waals surface area contributed by atoms with Crippen LogP contribution in [0.1, 0.15) is 11.1 Å². The summed E-state index contributed by atoms with van der Waals surface area (Å²) < 4.78 is 8.75. The number of para-hydroxylation sites is 1. The summed E-state index contributed by atoms with van der Waals surface area (Å²) in [5, 5.41) is 3.16. The summed E-state index contributed by atoms with van der Waals surface area (Å²) in [5.74, 6) is -0.598. The van der Waals surface area contributed by atoms with E-state index in [-0.39, 0.29) is 5.57 Å². The van der Waals surface area contributed by atoms with Crippen LogP contribution in [0.2, 0.25) is 0 Å². The van der Waals surface area contributed by atoms with E-state index in [1.807, 2.05) is 66.2 Å². The zero-order chi connectivity index (χ0) is 25.2. The van der Waals surface area contributed by atoms with Crippen molar-refractivity contribution in [2.24, 2.45) is 0 Å². The number of ether oxygens (including phenoxy) is 1. The van der Waals surface area contributed by atoms with Gasteiger partial charge in [0, 0.05) is 27.1 Å². The fourth-order valence-corrected chi connectivity index (χ4v) is 4.44. The highest BCUT2D eigenvalue weighted by atomic mass is 79.9. The first kappa shape index (κ1) is 23.6. The van der Waals surface area contributed by atoms with Gasteiger partial charge in [-0.2, -0.15) is 0 Å². The van der Waals surface area contributed by atoms with Gasteiger partial charge >= 0.3 is 6.03 Å². The van der Waals surface area contributed by atoms with Crippen molar-refractivity contribution < 1.29 is 19.1 Å². The van der Waals surface area contributed by atoms with Crippen LogP contribution in [-0.4, -0.2) is 29.0 Å². The molecule has 1 N–H and O–H groups in total. The number of carbonyl (C=O) groups excluding carboxylic acids is 3. The van der Waals surface area contributed by atoms with Crippen molar-refractivity contribution in [3.05, 3.63) is 100 Å². The minimum atomic E-state index is -0.778. The third-order valence-corrected chi connectivity index (χ3v) is 6.42. The number of amides is 4. The van der Waals surface area contributed by atoms with Crippen molar-refractivity contribution >= 4 is 56.4 Å². The highest BCUT2D eigenvalue weighted by Gasteiger charge is 2.37. The number of urea groups is 1. The minimum Gasteiger partial charge on any atom is -0.492 e. The number of aryl methyl sites for hydroxylation is 1. The molecule has 0 saturated carbocycles. The Morgan fingerprint density at radius 2 is 1.75 bits per heavy atom. The van der Waals surface area contributed by atoms with E-state index >= 15 is 0 Å². The molecule has 2 heterocycles. The van der Waals surface area contributed by atoms with E-state index in [2.05, 4.69) is 21.2 Å². The van der Waals surface area contributed by atoms with Crippen LogP contribution in [-0.2, 0) is 16.1 Å². The smallest absolute Gasteiger partial charge is 0.335 e. The number of barbiturate groups is 1. The van der Waals surface area contributed by atoms with Gasteiger partial charge in [-0.25, -0.2) is 9.69 Å². The third kappa shape index (κ3) is 4.67. The summed E-state index contributed by atoms with van der Waals surface area (Å²) in [4.78, 5) is 39.4. The van der Waals surface area contributed by atoms with Crippen LogP contribution in [0.15, 0.2) is 89.0 Å². The Morgan fingerprint density at radius 1 is 0.972 bits per heavy atom. The third-order valence-electron chi connectivity index (χ3n) is 5.90. The Morgan fingerprint density at radius 3 is 2.53 bits per heavy atom. The number of benzene rings is 3. The minimum absolute atomic E-state index is 0.114. The van der Waals surface area contributed by atoms with Crippen LogP contribution in [0.25, 0.3) is 17.0 Å². The van der Waals surface area contributed by atoms with Crippen molar-refractivity contribution in [1.29, 1.82) is 0 Å². The molecule has 5 rings (SSSR count). The largest absolute Gasteiger partial charge is 0.492 e. The number of halogens is 1. The first-order valence-electron chi connectivity index (χ1n) is 11.3. The Labute approximate surface area is 216 Å². The average Bonchev–Trinajstić information content (AvgIpc) is 3.20. The van der Waals surface area contributed by atoms with E-state index in [1.165, 1.54) is 6.08 Å². The Hall–Kier alpha value is -4.17. The number of nitrogens with zero attached hydrogens (tertiary/aromatic N) is 2. The van der Waals surface area contributed by atoms with E-state index < -0.39 is 17.8 Å². The topological polar surface area (TPSA) is 80.6 Å². The van der Waals surface area contributed by atoms with E-state index in [9.17, 15) is 14.4 Å². The number of hydrogen-bond donors (Lipinski definition) is 1. The van der Waals surface area contributed by atoms with Crippen LogP contribution < -0.4 is 15.0 Å². The van der Waals surface area contributed by atoms with Gasteiger partial charge in [0.15, 0.2) is 0 Å². The number of rotatable bonds is 6. The SMILES string of the molecule is Cc1cccc(OCCn2cc(/C=C3/C(=O)NC(=O)N(c4ccc(Br)cc4)C3=O)c3ccccc32)c1.